The van der Waals surface area contributed by atoms with Crippen molar-refractivity contribution in [1.29, 1.82) is 0 Å². The first kappa shape index (κ1) is 15.0. The van der Waals surface area contributed by atoms with Crippen LogP contribution >= 0.6 is 0 Å². The average Bonchev–Trinajstić information content (AvgIpc) is 2.84. The van der Waals surface area contributed by atoms with E-state index in [1.54, 1.807) is 0 Å². The summed E-state index contributed by atoms with van der Waals surface area (Å²) < 4.78 is 11.1. The molecule has 2 heteroatoms. The van der Waals surface area contributed by atoms with E-state index in [2.05, 4.69) is 13.8 Å². The fourth-order valence-electron chi connectivity index (χ4n) is 2.55. The maximum Gasteiger partial charge on any atom is 0.158 e. The van der Waals surface area contributed by atoms with Gasteiger partial charge in [0.05, 0.1) is 13.2 Å². The lowest BCUT2D eigenvalue weighted by Gasteiger charge is -2.19. The van der Waals surface area contributed by atoms with Gasteiger partial charge < -0.3 is 9.47 Å². The first-order chi connectivity index (χ1) is 8.36. The molecule has 1 atom stereocenters. The molecule has 1 aliphatic rings. The second-order valence-electron chi connectivity index (χ2n) is 5.26. The minimum Gasteiger partial charge on any atom is -0.350 e. The molecule has 1 fully saturated rings. The SMILES string of the molecule is CCCCCCC(CCCC)CC1OCCO1. The molecule has 0 aliphatic carbocycles. The lowest BCUT2D eigenvalue weighted by atomic mass is 9.92. The second kappa shape index (κ2) is 9.90. The zero-order chi connectivity index (χ0) is 12.3. The molecule has 0 aromatic carbocycles. The van der Waals surface area contributed by atoms with E-state index >= 15 is 0 Å². The van der Waals surface area contributed by atoms with Crippen LogP contribution in [0.5, 0.6) is 0 Å². The third kappa shape index (κ3) is 7.05. The molecular formula is C15H30O2. The lowest BCUT2D eigenvalue weighted by Crippen LogP contribution is -2.14. The molecule has 0 bridgehead atoms. The third-order valence-corrected chi connectivity index (χ3v) is 3.65. The number of hydrogen-bond donors (Lipinski definition) is 0. The Kier molecular flexibility index (Phi) is 8.72. The smallest absolute Gasteiger partial charge is 0.158 e. The molecule has 2 nitrogen and oxygen atoms in total. The van der Waals surface area contributed by atoms with Gasteiger partial charge in [0, 0.05) is 6.42 Å². The van der Waals surface area contributed by atoms with Gasteiger partial charge in [0.2, 0.25) is 0 Å². The summed E-state index contributed by atoms with van der Waals surface area (Å²) in [6, 6.07) is 0. The summed E-state index contributed by atoms with van der Waals surface area (Å²) in [6.07, 6.45) is 12.1. The molecule has 1 unspecified atom stereocenters. The summed E-state index contributed by atoms with van der Waals surface area (Å²) >= 11 is 0. The van der Waals surface area contributed by atoms with Gasteiger partial charge in [-0.15, -0.1) is 0 Å². The summed E-state index contributed by atoms with van der Waals surface area (Å²) in [6.45, 7) is 6.13. The number of ether oxygens (including phenoxy) is 2. The molecule has 0 radical (unpaired) electrons. The molecular weight excluding hydrogens is 212 g/mol. The molecule has 0 amide bonds. The number of rotatable bonds is 10. The first-order valence-corrected chi connectivity index (χ1v) is 7.60. The van der Waals surface area contributed by atoms with Crippen molar-refractivity contribution in [3.63, 3.8) is 0 Å². The van der Waals surface area contributed by atoms with Crippen LogP contribution in [-0.4, -0.2) is 19.5 Å². The predicted molar refractivity (Wildman–Crippen MR) is 72.1 cm³/mol. The quantitative estimate of drug-likeness (QED) is 0.524. The van der Waals surface area contributed by atoms with E-state index in [1.807, 2.05) is 0 Å². The Morgan fingerprint density at radius 3 is 2.18 bits per heavy atom. The van der Waals surface area contributed by atoms with Crippen molar-refractivity contribution < 1.29 is 9.47 Å². The van der Waals surface area contributed by atoms with E-state index in [1.165, 1.54) is 51.4 Å². The normalized spacial score (nSPS) is 18.7. The Bertz CT molecular complexity index is 164. The summed E-state index contributed by atoms with van der Waals surface area (Å²) in [5.41, 5.74) is 0. The van der Waals surface area contributed by atoms with E-state index < -0.39 is 0 Å². The van der Waals surface area contributed by atoms with Crippen LogP contribution in [0.2, 0.25) is 0 Å². The molecule has 1 rings (SSSR count). The first-order valence-electron chi connectivity index (χ1n) is 7.60. The molecule has 0 saturated carbocycles. The van der Waals surface area contributed by atoms with Crippen LogP contribution in [0.3, 0.4) is 0 Å². The van der Waals surface area contributed by atoms with Gasteiger partial charge in [-0.3, -0.25) is 0 Å². The largest absolute Gasteiger partial charge is 0.350 e. The monoisotopic (exact) mass is 242 g/mol. The lowest BCUT2D eigenvalue weighted by molar-refractivity contribution is -0.0585. The molecule has 17 heavy (non-hydrogen) atoms. The summed E-state index contributed by atoms with van der Waals surface area (Å²) in [5, 5.41) is 0. The van der Waals surface area contributed by atoms with Gasteiger partial charge in [0.1, 0.15) is 0 Å². The van der Waals surface area contributed by atoms with Crippen LogP contribution in [0.1, 0.15) is 71.6 Å². The van der Waals surface area contributed by atoms with Gasteiger partial charge in [-0.1, -0.05) is 65.2 Å². The Morgan fingerprint density at radius 2 is 1.53 bits per heavy atom. The molecule has 0 spiro atoms. The molecule has 1 aliphatic heterocycles. The molecule has 0 aromatic heterocycles. The van der Waals surface area contributed by atoms with Crippen molar-refractivity contribution in [3.05, 3.63) is 0 Å². The summed E-state index contributed by atoms with van der Waals surface area (Å²) in [5.74, 6) is 0.815. The molecule has 0 aromatic rings. The Labute approximate surface area is 107 Å². The van der Waals surface area contributed by atoms with Crippen molar-refractivity contribution in [2.75, 3.05) is 13.2 Å². The molecule has 1 heterocycles. The fourth-order valence-corrected chi connectivity index (χ4v) is 2.55. The van der Waals surface area contributed by atoms with Crippen LogP contribution in [0.4, 0.5) is 0 Å². The fraction of sp³-hybridized carbons (Fsp3) is 1.00. The minimum atomic E-state index is 0.100. The highest BCUT2D eigenvalue weighted by Gasteiger charge is 2.20. The standard InChI is InChI=1S/C15H30O2/c1-3-5-7-8-10-14(9-6-4-2)13-15-16-11-12-17-15/h14-15H,3-13H2,1-2H3. The zero-order valence-electron chi connectivity index (χ0n) is 11.7. The third-order valence-electron chi connectivity index (χ3n) is 3.65. The topological polar surface area (TPSA) is 18.5 Å². The van der Waals surface area contributed by atoms with Gasteiger partial charge in [-0.05, 0) is 5.92 Å². The van der Waals surface area contributed by atoms with Gasteiger partial charge in [-0.2, -0.15) is 0 Å². The predicted octanol–water partition coefficient (Wildman–Crippen LogP) is 4.53. The van der Waals surface area contributed by atoms with Gasteiger partial charge >= 0.3 is 0 Å². The van der Waals surface area contributed by atoms with E-state index in [9.17, 15) is 0 Å². The van der Waals surface area contributed by atoms with Gasteiger partial charge in [0.25, 0.3) is 0 Å². The Balaban J connectivity index is 2.16. The van der Waals surface area contributed by atoms with Crippen LogP contribution in [0, 0.1) is 5.92 Å². The Hall–Kier alpha value is -0.0800. The number of unbranched alkanes of at least 4 members (excludes halogenated alkanes) is 4. The van der Waals surface area contributed by atoms with Crippen LogP contribution in [0.25, 0.3) is 0 Å². The van der Waals surface area contributed by atoms with Crippen LogP contribution < -0.4 is 0 Å². The van der Waals surface area contributed by atoms with Crippen molar-refractivity contribution in [3.8, 4) is 0 Å². The van der Waals surface area contributed by atoms with E-state index in [0.717, 1.165) is 25.6 Å². The summed E-state index contributed by atoms with van der Waals surface area (Å²) in [7, 11) is 0. The maximum atomic E-state index is 5.57. The van der Waals surface area contributed by atoms with Crippen molar-refractivity contribution in [1.82, 2.24) is 0 Å². The summed E-state index contributed by atoms with van der Waals surface area (Å²) in [4.78, 5) is 0. The van der Waals surface area contributed by atoms with Crippen LogP contribution in [-0.2, 0) is 9.47 Å². The Morgan fingerprint density at radius 1 is 0.882 bits per heavy atom. The van der Waals surface area contributed by atoms with Gasteiger partial charge in [0.15, 0.2) is 6.29 Å². The molecule has 1 saturated heterocycles. The van der Waals surface area contributed by atoms with E-state index in [4.69, 9.17) is 9.47 Å². The minimum absolute atomic E-state index is 0.100. The van der Waals surface area contributed by atoms with Gasteiger partial charge in [-0.25, -0.2) is 0 Å². The highest BCUT2D eigenvalue weighted by molar-refractivity contribution is 4.64. The second-order valence-corrected chi connectivity index (χ2v) is 5.26. The highest BCUT2D eigenvalue weighted by atomic mass is 16.7. The zero-order valence-corrected chi connectivity index (χ0v) is 11.7. The van der Waals surface area contributed by atoms with Crippen LogP contribution in [0.15, 0.2) is 0 Å². The van der Waals surface area contributed by atoms with Crippen molar-refractivity contribution in [2.24, 2.45) is 5.92 Å². The van der Waals surface area contributed by atoms with E-state index in [0.29, 0.717) is 0 Å². The number of hydrogen-bond acceptors (Lipinski definition) is 2. The molecule has 0 N–H and O–H groups in total. The van der Waals surface area contributed by atoms with E-state index in [-0.39, 0.29) is 6.29 Å². The van der Waals surface area contributed by atoms with Crippen molar-refractivity contribution in [2.45, 2.75) is 77.9 Å². The average molecular weight is 242 g/mol. The maximum absolute atomic E-state index is 5.57. The van der Waals surface area contributed by atoms with Crippen molar-refractivity contribution >= 4 is 0 Å². The molecule has 102 valence electrons. The highest BCUT2D eigenvalue weighted by Crippen LogP contribution is 2.25.